The quantitative estimate of drug-likeness (QED) is 0.667. The van der Waals surface area contributed by atoms with Crippen molar-refractivity contribution in [3.63, 3.8) is 0 Å². The minimum Gasteiger partial charge on any atom is -0.292 e. The highest BCUT2D eigenvalue weighted by Gasteiger charge is 2.39. The molecule has 0 amide bonds. The van der Waals surface area contributed by atoms with Gasteiger partial charge in [-0.25, -0.2) is 8.42 Å². The lowest BCUT2D eigenvalue weighted by Crippen LogP contribution is -2.36. The number of sulfone groups is 1. The second-order valence-electron chi connectivity index (χ2n) is 6.29. The third-order valence-electron chi connectivity index (χ3n) is 4.55. The minimum atomic E-state index is -3.35. The molecule has 0 atom stereocenters. The summed E-state index contributed by atoms with van der Waals surface area (Å²) < 4.78 is 25.1. The summed E-state index contributed by atoms with van der Waals surface area (Å²) in [5.74, 6) is 0.202. The van der Waals surface area contributed by atoms with Gasteiger partial charge in [0, 0.05) is 17.6 Å². The van der Waals surface area contributed by atoms with Gasteiger partial charge in [-0.05, 0) is 55.5 Å². The summed E-state index contributed by atoms with van der Waals surface area (Å²) in [6.07, 6.45) is 3.64. The van der Waals surface area contributed by atoms with Crippen LogP contribution in [0.5, 0.6) is 0 Å². The van der Waals surface area contributed by atoms with E-state index in [1.165, 1.54) is 12.3 Å². The van der Waals surface area contributed by atoms with Gasteiger partial charge in [0.15, 0.2) is 15.6 Å². The summed E-state index contributed by atoms with van der Waals surface area (Å²) in [4.78, 5) is 16.4. The molecule has 0 N–H and O–H groups in total. The normalized spacial score (nSPS) is 20.1. The molecular weight excluding hydrogens is 381 g/mol. The van der Waals surface area contributed by atoms with Crippen molar-refractivity contribution in [3.8, 4) is 0 Å². The van der Waals surface area contributed by atoms with Gasteiger partial charge in [0.2, 0.25) is 0 Å². The number of nitrogens with zero attached hydrogens (tertiary/aromatic N) is 1. The van der Waals surface area contributed by atoms with E-state index in [-0.39, 0.29) is 21.8 Å². The number of Topliss-reactive ketones (excluding diaryl/α,β-unsaturated/α-hetero) is 1. The number of ketones is 1. The summed E-state index contributed by atoms with van der Waals surface area (Å²) in [5, 5.41) is 0.516. The molecule has 0 saturated heterocycles. The molecule has 0 unspecified atom stereocenters. The lowest BCUT2D eigenvalue weighted by atomic mass is 9.81. The van der Waals surface area contributed by atoms with Crippen molar-refractivity contribution in [2.75, 3.05) is 0 Å². The number of carbonyl (C=O) groups excluding carboxylic acids is 1. The van der Waals surface area contributed by atoms with E-state index in [1.807, 2.05) is 0 Å². The molecule has 1 aliphatic carbocycles. The fraction of sp³-hybridized carbons (Fsp3) is 0.333. The Bertz CT molecular complexity index is 875. The first-order valence-corrected chi connectivity index (χ1v) is 10.3. The van der Waals surface area contributed by atoms with Gasteiger partial charge >= 0.3 is 0 Å². The zero-order valence-corrected chi connectivity index (χ0v) is 15.7. The molecular formula is C18H17Cl2NO3S. The van der Waals surface area contributed by atoms with Crippen molar-refractivity contribution in [1.29, 1.82) is 0 Å². The fourth-order valence-electron chi connectivity index (χ4n) is 3.00. The minimum absolute atomic E-state index is 0.0437. The SMILES string of the molecule is O=C(CCC1CC(S(=O)(=O)c2cccc(Cl)c2)C1)c1ccc(Cl)cn1. The summed E-state index contributed by atoms with van der Waals surface area (Å²) in [7, 11) is -3.35. The molecule has 0 bridgehead atoms. The van der Waals surface area contributed by atoms with E-state index in [2.05, 4.69) is 4.98 Å². The van der Waals surface area contributed by atoms with Crippen molar-refractivity contribution in [2.24, 2.45) is 5.92 Å². The molecule has 0 aliphatic heterocycles. The van der Waals surface area contributed by atoms with Crippen LogP contribution in [-0.4, -0.2) is 24.4 Å². The van der Waals surface area contributed by atoms with Gasteiger partial charge in [-0.1, -0.05) is 29.3 Å². The molecule has 132 valence electrons. The number of benzene rings is 1. The van der Waals surface area contributed by atoms with Crippen molar-refractivity contribution < 1.29 is 13.2 Å². The predicted octanol–water partition coefficient (Wildman–Crippen LogP) is 4.60. The molecule has 25 heavy (non-hydrogen) atoms. The fourth-order valence-corrected chi connectivity index (χ4v) is 5.37. The van der Waals surface area contributed by atoms with Crippen LogP contribution < -0.4 is 0 Å². The van der Waals surface area contributed by atoms with Gasteiger partial charge in [-0.2, -0.15) is 0 Å². The maximum absolute atomic E-state index is 12.6. The number of halogens is 2. The summed E-state index contributed by atoms with van der Waals surface area (Å²) in [5.41, 5.74) is 0.395. The topological polar surface area (TPSA) is 64.1 Å². The lowest BCUT2D eigenvalue weighted by molar-refractivity contribution is 0.0961. The largest absolute Gasteiger partial charge is 0.292 e. The Hall–Kier alpha value is -1.43. The van der Waals surface area contributed by atoms with Gasteiger partial charge in [0.05, 0.1) is 15.2 Å². The summed E-state index contributed by atoms with van der Waals surface area (Å²) in [6.45, 7) is 0. The molecule has 0 radical (unpaired) electrons. The first-order valence-electron chi connectivity index (χ1n) is 8.00. The van der Waals surface area contributed by atoms with Crippen molar-refractivity contribution >= 4 is 38.8 Å². The van der Waals surface area contributed by atoms with Crippen LogP contribution >= 0.6 is 23.2 Å². The first kappa shape index (κ1) is 18.4. The average molecular weight is 398 g/mol. The van der Waals surface area contributed by atoms with Crippen LogP contribution in [0.2, 0.25) is 10.0 Å². The number of hydrogen-bond acceptors (Lipinski definition) is 4. The van der Waals surface area contributed by atoms with E-state index < -0.39 is 9.84 Å². The first-order chi connectivity index (χ1) is 11.9. The molecule has 1 heterocycles. The Morgan fingerprint density at radius 3 is 2.52 bits per heavy atom. The number of pyridine rings is 1. The highest BCUT2D eigenvalue weighted by Crippen LogP contribution is 2.39. The molecule has 2 aromatic rings. The van der Waals surface area contributed by atoms with Crippen LogP contribution in [0.4, 0.5) is 0 Å². The van der Waals surface area contributed by atoms with Crippen molar-refractivity contribution in [3.05, 3.63) is 58.3 Å². The highest BCUT2D eigenvalue weighted by molar-refractivity contribution is 7.92. The van der Waals surface area contributed by atoms with E-state index in [4.69, 9.17) is 23.2 Å². The molecule has 1 aliphatic rings. The highest BCUT2D eigenvalue weighted by atomic mass is 35.5. The molecule has 4 nitrogen and oxygen atoms in total. The zero-order valence-electron chi connectivity index (χ0n) is 13.4. The molecule has 1 saturated carbocycles. The van der Waals surface area contributed by atoms with Gasteiger partial charge in [0.1, 0.15) is 5.69 Å². The molecule has 3 rings (SSSR count). The smallest absolute Gasteiger partial charge is 0.181 e. The van der Waals surface area contributed by atoms with Crippen LogP contribution in [0.25, 0.3) is 0 Å². The van der Waals surface area contributed by atoms with E-state index in [1.54, 1.807) is 30.3 Å². The molecule has 7 heteroatoms. The number of carbonyl (C=O) groups is 1. The number of hydrogen-bond donors (Lipinski definition) is 0. The van der Waals surface area contributed by atoms with Crippen LogP contribution in [0.15, 0.2) is 47.5 Å². The Morgan fingerprint density at radius 1 is 1.12 bits per heavy atom. The Morgan fingerprint density at radius 2 is 1.88 bits per heavy atom. The zero-order chi connectivity index (χ0) is 18.0. The van der Waals surface area contributed by atoms with E-state index in [9.17, 15) is 13.2 Å². The van der Waals surface area contributed by atoms with Crippen molar-refractivity contribution in [2.45, 2.75) is 35.8 Å². The molecule has 1 fully saturated rings. The summed E-state index contributed by atoms with van der Waals surface area (Å²) in [6, 6.07) is 9.60. The Balaban J connectivity index is 1.52. The van der Waals surface area contributed by atoms with Crippen LogP contribution in [0.1, 0.15) is 36.2 Å². The summed E-state index contributed by atoms with van der Waals surface area (Å²) >= 11 is 11.6. The maximum atomic E-state index is 12.6. The van der Waals surface area contributed by atoms with Gasteiger partial charge in [0.25, 0.3) is 0 Å². The van der Waals surface area contributed by atoms with E-state index in [0.29, 0.717) is 41.4 Å². The third kappa shape index (κ3) is 4.22. The Labute approximate surface area is 157 Å². The predicted molar refractivity (Wildman–Crippen MR) is 98.0 cm³/mol. The van der Waals surface area contributed by atoms with Gasteiger partial charge < -0.3 is 0 Å². The maximum Gasteiger partial charge on any atom is 0.181 e. The monoisotopic (exact) mass is 397 g/mol. The standard InChI is InChI=1S/C18H17Cl2NO3S/c19-13-2-1-3-15(10-13)25(23,24)16-8-12(9-16)4-7-18(22)17-6-5-14(20)11-21-17/h1-3,5-6,10-12,16H,4,7-9H2. The van der Waals surface area contributed by atoms with Crippen LogP contribution in [-0.2, 0) is 9.84 Å². The van der Waals surface area contributed by atoms with Crippen LogP contribution in [0.3, 0.4) is 0 Å². The van der Waals surface area contributed by atoms with E-state index in [0.717, 1.165) is 0 Å². The molecule has 0 spiro atoms. The lowest BCUT2D eigenvalue weighted by Gasteiger charge is -2.34. The van der Waals surface area contributed by atoms with Crippen molar-refractivity contribution in [1.82, 2.24) is 4.98 Å². The van der Waals surface area contributed by atoms with Gasteiger partial charge in [-0.3, -0.25) is 9.78 Å². The third-order valence-corrected chi connectivity index (χ3v) is 7.18. The number of rotatable bonds is 6. The molecule has 1 aromatic heterocycles. The number of aromatic nitrogens is 1. The second kappa shape index (κ2) is 7.44. The van der Waals surface area contributed by atoms with Crippen LogP contribution in [0, 0.1) is 5.92 Å². The average Bonchev–Trinajstić information content (AvgIpc) is 2.53. The molecule has 1 aromatic carbocycles. The Kier molecular flexibility index (Phi) is 5.46. The van der Waals surface area contributed by atoms with E-state index >= 15 is 0 Å². The van der Waals surface area contributed by atoms with Gasteiger partial charge in [-0.15, -0.1) is 0 Å². The second-order valence-corrected chi connectivity index (χ2v) is 9.39.